The molecule has 2 saturated heterocycles. The molecule has 2 aliphatic heterocycles. The van der Waals surface area contributed by atoms with Crippen molar-refractivity contribution >= 4 is 5.97 Å². The van der Waals surface area contributed by atoms with E-state index in [9.17, 15) is 4.79 Å². The van der Waals surface area contributed by atoms with Gasteiger partial charge >= 0.3 is 5.97 Å². The summed E-state index contributed by atoms with van der Waals surface area (Å²) in [6, 6.07) is 0.982. The number of aliphatic carboxylic acids is 1. The van der Waals surface area contributed by atoms with Crippen molar-refractivity contribution in [2.75, 3.05) is 33.2 Å². The highest BCUT2D eigenvalue weighted by Crippen LogP contribution is 2.29. The first-order valence-electron chi connectivity index (χ1n) is 6.34. The molecule has 0 aliphatic carbocycles. The molecule has 0 aromatic carbocycles. The number of hydrogen-bond donors (Lipinski definition) is 2. The van der Waals surface area contributed by atoms with E-state index in [4.69, 9.17) is 5.11 Å². The molecule has 5 nitrogen and oxygen atoms in total. The zero-order chi connectivity index (χ0) is 12.6. The highest BCUT2D eigenvalue weighted by atomic mass is 16.4. The molecule has 2 rings (SSSR count). The molecule has 17 heavy (non-hydrogen) atoms. The second-order valence-corrected chi connectivity index (χ2v) is 5.67. The van der Waals surface area contributed by atoms with Crippen molar-refractivity contribution in [3.63, 3.8) is 0 Å². The lowest BCUT2D eigenvalue weighted by molar-refractivity contribution is -0.143. The predicted molar refractivity (Wildman–Crippen MR) is 66.1 cm³/mol. The van der Waals surface area contributed by atoms with Crippen LogP contribution in [-0.2, 0) is 4.79 Å². The number of nitrogens with zero attached hydrogens (tertiary/aromatic N) is 2. The van der Waals surface area contributed by atoms with Gasteiger partial charge in [0.15, 0.2) is 0 Å². The second kappa shape index (κ2) is 4.55. The first kappa shape index (κ1) is 12.8. The molecular weight excluding hydrogens is 218 g/mol. The van der Waals surface area contributed by atoms with Crippen LogP contribution in [0.1, 0.15) is 20.3 Å². The topological polar surface area (TPSA) is 55.8 Å². The Morgan fingerprint density at radius 3 is 2.24 bits per heavy atom. The van der Waals surface area contributed by atoms with Gasteiger partial charge < -0.3 is 10.4 Å². The molecular formula is C12H23N3O2. The predicted octanol–water partition coefficient (Wildman–Crippen LogP) is -0.172. The largest absolute Gasteiger partial charge is 0.481 e. The van der Waals surface area contributed by atoms with Gasteiger partial charge in [-0.25, -0.2) is 0 Å². The molecule has 0 saturated carbocycles. The van der Waals surface area contributed by atoms with E-state index >= 15 is 0 Å². The number of piperazine rings is 1. The smallest absolute Gasteiger partial charge is 0.305 e. The minimum Gasteiger partial charge on any atom is -0.481 e. The average molecular weight is 241 g/mol. The van der Waals surface area contributed by atoms with Crippen LogP contribution >= 0.6 is 0 Å². The Morgan fingerprint density at radius 1 is 1.35 bits per heavy atom. The normalized spacial score (nSPS) is 34.3. The zero-order valence-electron chi connectivity index (χ0n) is 10.9. The molecule has 2 heterocycles. The van der Waals surface area contributed by atoms with Crippen LogP contribution in [0.15, 0.2) is 0 Å². The standard InChI is InChI=1S/C12H23N3O2/c1-9-5-15(6-10(2)14(9)3)12(4-11(16)17)7-13-8-12/h9-10,13H,4-8H2,1-3H3,(H,16,17). The van der Waals surface area contributed by atoms with E-state index in [2.05, 4.69) is 36.0 Å². The molecule has 0 spiro atoms. The van der Waals surface area contributed by atoms with Crippen molar-refractivity contribution < 1.29 is 9.90 Å². The van der Waals surface area contributed by atoms with E-state index in [-0.39, 0.29) is 12.0 Å². The fourth-order valence-corrected chi connectivity index (χ4v) is 2.95. The molecule has 0 aromatic rings. The quantitative estimate of drug-likeness (QED) is 0.718. The molecule has 2 unspecified atom stereocenters. The minimum absolute atomic E-state index is 0.143. The highest BCUT2D eigenvalue weighted by Gasteiger charge is 2.46. The van der Waals surface area contributed by atoms with Gasteiger partial charge in [-0.3, -0.25) is 14.6 Å². The molecule has 2 fully saturated rings. The summed E-state index contributed by atoms with van der Waals surface area (Å²) in [4.78, 5) is 15.8. The summed E-state index contributed by atoms with van der Waals surface area (Å²) in [6.07, 6.45) is 0.253. The van der Waals surface area contributed by atoms with Crippen LogP contribution in [0, 0.1) is 0 Å². The lowest BCUT2D eigenvalue weighted by Gasteiger charge is -2.55. The van der Waals surface area contributed by atoms with Crippen LogP contribution < -0.4 is 5.32 Å². The zero-order valence-corrected chi connectivity index (χ0v) is 10.9. The first-order valence-corrected chi connectivity index (χ1v) is 6.34. The molecule has 0 aromatic heterocycles. The summed E-state index contributed by atoms with van der Waals surface area (Å²) in [5.74, 6) is -0.689. The number of carboxylic acid groups (broad SMARTS) is 1. The van der Waals surface area contributed by atoms with Crippen molar-refractivity contribution in [3.05, 3.63) is 0 Å². The molecule has 0 radical (unpaired) electrons. The van der Waals surface area contributed by atoms with Crippen LogP contribution in [-0.4, -0.2) is 71.7 Å². The van der Waals surface area contributed by atoms with Crippen LogP contribution in [0.3, 0.4) is 0 Å². The fourth-order valence-electron chi connectivity index (χ4n) is 2.95. The Kier molecular flexibility index (Phi) is 3.43. The third kappa shape index (κ3) is 2.32. The van der Waals surface area contributed by atoms with Gasteiger partial charge in [-0.05, 0) is 20.9 Å². The van der Waals surface area contributed by atoms with Gasteiger partial charge in [0.2, 0.25) is 0 Å². The number of likely N-dealkylation sites (N-methyl/N-ethyl adjacent to an activating group) is 1. The van der Waals surface area contributed by atoms with Crippen molar-refractivity contribution in [1.82, 2.24) is 15.1 Å². The highest BCUT2D eigenvalue weighted by molar-refractivity contribution is 5.68. The third-order valence-electron chi connectivity index (χ3n) is 4.42. The number of carboxylic acids is 1. The Hall–Kier alpha value is -0.650. The van der Waals surface area contributed by atoms with Gasteiger partial charge in [0.25, 0.3) is 0 Å². The van der Waals surface area contributed by atoms with Gasteiger partial charge in [0.05, 0.1) is 12.0 Å². The lowest BCUT2D eigenvalue weighted by Crippen LogP contribution is -2.73. The maximum absolute atomic E-state index is 11.0. The Morgan fingerprint density at radius 2 is 1.88 bits per heavy atom. The van der Waals surface area contributed by atoms with Crippen molar-refractivity contribution in [2.24, 2.45) is 0 Å². The van der Waals surface area contributed by atoms with Crippen LogP contribution in [0.5, 0.6) is 0 Å². The molecule has 0 amide bonds. The molecule has 2 atom stereocenters. The Bertz CT molecular complexity index is 292. The van der Waals surface area contributed by atoms with Crippen molar-refractivity contribution in [1.29, 1.82) is 0 Å². The van der Waals surface area contributed by atoms with Crippen molar-refractivity contribution in [2.45, 2.75) is 37.9 Å². The van der Waals surface area contributed by atoms with E-state index in [0.29, 0.717) is 12.1 Å². The first-order chi connectivity index (χ1) is 7.94. The average Bonchev–Trinajstić information content (AvgIpc) is 2.19. The Balaban J connectivity index is 2.08. The third-order valence-corrected chi connectivity index (χ3v) is 4.42. The summed E-state index contributed by atoms with van der Waals surface area (Å²) in [6.45, 7) is 7.98. The fraction of sp³-hybridized carbons (Fsp3) is 0.917. The molecule has 2 N–H and O–H groups in total. The minimum atomic E-state index is -0.689. The van der Waals surface area contributed by atoms with E-state index in [0.717, 1.165) is 26.2 Å². The maximum atomic E-state index is 11.0. The number of carbonyl (C=O) groups is 1. The van der Waals surface area contributed by atoms with E-state index < -0.39 is 5.97 Å². The molecule has 98 valence electrons. The monoisotopic (exact) mass is 241 g/mol. The van der Waals surface area contributed by atoms with Gasteiger partial charge in [-0.2, -0.15) is 0 Å². The summed E-state index contributed by atoms with van der Waals surface area (Å²) in [7, 11) is 2.15. The second-order valence-electron chi connectivity index (χ2n) is 5.67. The summed E-state index contributed by atoms with van der Waals surface area (Å²) >= 11 is 0. The molecule has 5 heteroatoms. The molecule has 0 bridgehead atoms. The van der Waals surface area contributed by atoms with E-state index in [1.165, 1.54) is 0 Å². The number of hydrogen-bond acceptors (Lipinski definition) is 4. The van der Waals surface area contributed by atoms with Crippen LogP contribution in [0.4, 0.5) is 0 Å². The number of nitrogens with one attached hydrogen (secondary N) is 1. The summed E-state index contributed by atoms with van der Waals surface area (Å²) in [5.41, 5.74) is -0.143. The lowest BCUT2D eigenvalue weighted by atomic mass is 9.84. The van der Waals surface area contributed by atoms with Crippen LogP contribution in [0.2, 0.25) is 0 Å². The van der Waals surface area contributed by atoms with Gasteiger partial charge in [-0.1, -0.05) is 0 Å². The Labute approximate surface area is 103 Å². The van der Waals surface area contributed by atoms with Gasteiger partial charge in [0.1, 0.15) is 0 Å². The van der Waals surface area contributed by atoms with E-state index in [1.807, 2.05) is 0 Å². The van der Waals surface area contributed by atoms with Gasteiger partial charge in [0, 0.05) is 38.3 Å². The number of rotatable bonds is 3. The van der Waals surface area contributed by atoms with E-state index in [1.54, 1.807) is 0 Å². The SMILES string of the molecule is CC1CN(C2(CC(=O)O)CNC2)CC(C)N1C. The summed E-state index contributed by atoms with van der Waals surface area (Å²) in [5, 5.41) is 12.3. The summed E-state index contributed by atoms with van der Waals surface area (Å²) < 4.78 is 0. The van der Waals surface area contributed by atoms with Crippen LogP contribution in [0.25, 0.3) is 0 Å². The van der Waals surface area contributed by atoms with Gasteiger partial charge in [-0.15, -0.1) is 0 Å². The maximum Gasteiger partial charge on any atom is 0.305 e. The molecule has 2 aliphatic rings. The van der Waals surface area contributed by atoms with Crippen molar-refractivity contribution in [3.8, 4) is 0 Å².